The molecule has 0 unspecified atom stereocenters. The van der Waals surface area contributed by atoms with Crippen LogP contribution < -0.4 is 10.4 Å². The van der Waals surface area contributed by atoms with E-state index in [1.165, 1.54) is 69.6 Å². The summed E-state index contributed by atoms with van der Waals surface area (Å²) in [4.78, 5) is 0. The van der Waals surface area contributed by atoms with Gasteiger partial charge in [-0.3, -0.25) is 0 Å². The first kappa shape index (κ1) is 41.2. The predicted molar refractivity (Wildman–Crippen MR) is 243 cm³/mol. The number of rotatable bonds is 12. The molecule has 0 heterocycles. The quantitative estimate of drug-likeness (QED) is 0.124. The van der Waals surface area contributed by atoms with Crippen LogP contribution in [0.1, 0.15) is 120 Å². The van der Waals surface area contributed by atoms with E-state index in [1.807, 2.05) is 0 Å². The van der Waals surface area contributed by atoms with Gasteiger partial charge in [0, 0.05) is 0 Å². The summed E-state index contributed by atoms with van der Waals surface area (Å²) in [6, 6.07) is 43.6. The van der Waals surface area contributed by atoms with Gasteiger partial charge in [-0.15, -0.1) is 0 Å². The summed E-state index contributed by atoms with van der Waals surface area (Å²) >= 11 is -3.07. The first-order valence-electron chi connectivity index (χ1n) is 21.3. The number of allylic oxidation sites excluding steroid dienone is 4. The van der Waals surface area contributed by atoms with Crippen molar-refractivity contribution in [3.63, 3.8) is 0 Å². The SMILES string of the molecule is CC[Si](CC)(CC)c1ccc([C](c2ccc([Si](CC)(CC)CC)cc2)=[Hf]([CH]2C=CC=C2)[CH]2c3cc(C(C)(C)C)ccc3-c3ccc(C(C)(C)C)cc32)cc1. The predicted octanol–water partition coefficient (Wildman–Crippen LogP) is 13.6. The van der Waals surface area contributed by atoms with Crippen LogP contribution in [0.4, 0.5) is 0 Å². The molecule has 54 heavy (non-hydrogen) atoms. The van der Waals surface area contributed by atoms with Crippen molar-refractivity contribution in [2.24, 2.45) is 0 Å². The molecule has 0 aromatic heterocycles. The van der Waals surface area contributed by atoms with Gasteiger partial charge in [-0.05, 0) is 0 Å². The molecule has 4 aromatic carbocycles. The van der Waals surface area contributed by atoms with Gasteiger partial charge in [-0.2, -0.15) is 0 Å². The molecule has 0 saturated carbocycles. The van der Waals surface area contributed by atoms with Crippen LogP contribution in [0.15, 0.2) is 109 Å². The molecule has 0 aliphatic heterocycles. The Morgan fingerprint density at radius 3 is 1.17 bits per heavy atom. The average molecular weight is 916 g/mol. The van der Waals surface area contributed by atoms with Crippen LogP contribution in [0.25, 0.3) is 11.1 Å². The maximum atomic E-state index is 2.64. The van der Waals surface area contributed by atoms with E-state index in [2.05, 4.69) is 192 Å². The third-order valence-corrected chi connectivity index (χ3v) is 37.9. The van der Waals surface area contributed by atoms with Crippen molar-refractivity contribution in [1.29, 1.82) is 0 Å². The molecule has 0 fully saturated rings. The Morgan fingerprint density at radius 1 is 0.500 bits per heavy atom. The molecular formula is C51H68HfSi2. The van der Waals surface area contributed by atoms with Gasteiger partial charge in [0.05, 0.1) is 0 Å². The molecule has 0 amide bonds. The fourth-order valence-electron chi connectivity index (χ4n) is 9.88. The molecule has 4 aromatic rings. The summed E-state index contributed by atoms with van der Waals surface area (Å²) in [5, 5.41) is 3.29. The van der Waals surface area contributed by atoms with Gasteiger partial charge in [0.1, 0.15) is 0 Å². The van der Waals surface area contributed by atoms with Gasteiger partial charge in [0.15, 0.2) is 0 Å². The summed E-state index contributed by atoms with van der Waals surface area (Å²) in [6.07, 6.45) is 9.85. The molecule has 2 aliphatic carbocycles. The monoisotopic (exact) mass is 916 g/mol. The van der Waals surface area contributed by atoms with E-state index in [9.17, 15) is 0 Å². The zero-order valence-corrected chi connectivity index (χ0v) is 41.4. The van der Waals surface area contributed by atoms with Gasteiger partial charge in [-0.25, -0.2) is 0 Å². The van der Waals surface area contributed by atoms with Crippen LogP contribution in [0.5, 0.6) is 0 Å². The molecular weight excluding hydrogens is 847 g/mol. The molecule has 0 spiro atoms. The number of benzene rings is 4. The Balaban J connectivity index is 1.72. The Hall–Kier alpha value is -2.47. The van der Waals surface area contributed by atoms with Crippen molar-refractivity contribution in [3.8, 4) is 11.1 Å². The molecule has 3 heteroatoms. The van der Waals surface area contributed by atoms with E-state index in [0.29, 0.717) is 7.35 Å². The van der Waals surface area contributed by atoms with E-state index in [0.717, 1.165) is 0 Å². The number of hydrogen-bond acceptors (Lipinski definition) is 0. The third-order valence-electron chi connectivity index (χ3n) is 14.1. The molecule has 284 valence electrons. The second-order valence-electron chi connectivity index (χ2n) is 18.5. The van der Waals surface area contributed by atoms with E-state index in [1.54, 1.807) is 24.8 Å². The van der Waals surface area contributed by atoms with Crippen LogP contribution in [-0.4, -0.2) is 19.4 Å². The maximum absolute atomic E-state index is 3.07. The van der Waals surface area contributed by atoms with Gasteiger partial charge >= 0.3 is 342 Å². The first-order chi connectivity index (χ1) is 25.7. The molecule has 0 N–H and O–H groups in total. The molecule has 0 nitrogen and oxygen atoms in total. The number of fused-ring (bicyclic) bond motifs is 3. The standard InChI is InChI=1S/C25H38Si2.C21H25.C5H5.Hf/c1-7-26(8-2,9-3)24-17-13-22(14-18-24)21-23-15-19-25(20-16-23)27(10-4,11-5)12-6;1-20(2,3)16-7-9-18-14(12-16)11-15-13-17(21(4,5)6)8-10-19(15)18;1-2-4-5-3-1;/h13-20H,7-12H2,1-6H3;7-13H,1-6H3;1-5H;. The van der Waals surface area contributed by atoms with Crippen molar-refractivity contribution in [1.82, 2.24) is 0 Å². The summed E-state index contributed by atoms with van der Waals surface area (Å²) in [5.74, 6) is 0. The fraction of sp³-hybridized carbons (Fsp3) is 0.431. The second kappa shape index (κ2) is 16.2. The molecule has 2 aliphatic rings. The average Bonchev–Trinajstić information content (AvgIpc) is 3.82. The van der Waals surface area contributed by atoms with Crippen molar-refractivity contribution in [3.05, 3.63) is 143 Å². The summed E-state index contributed by atoms with van der Waals surface area (Å²) < 4.78 is 2.64. The normalized spacial score (nSPS) is 14.8. The van der Waals surface area contributed by atoms with Gasteiger partial charge in [-0.1, -0.05) is 0 Å². The van der Waals surface area contributed by atoms with Crippen LogP contribution in [0, 0.1) is 0 Å². The molecule has 0 bridgehead atoms. The molecule has 6 rings (SSSR count). The van der Waals surface area contributed by atoms with Crippen LogP contribution in [-0.2, 0) is 31.8 Å². The van der Waals surface area contributed by atoms with Crippen molar-refractivity contribution < 1.29 is 21.0 Å². The van der Waals surface area contributed by atoms with Gasteiger partial charge in [0.2, 0.25) is 0 Å². The summed E-state index contributed by atoms with van der Waals surface area (Å²) in [7, 11) is -3.01. The fourth-order valence-corrected chi connectivity index (χ4v) is 30.7. The zero-order valence-electron chi connectivity index (χ0n) is 35.8. The summed E-state index contributed by atoms with van der Waals surface area (Å²) in [5.41, 5.74) is 12.2. The van der Waals surface area contributed by atoms with Crippen LogP contribution in [0.2, 0.25) is 39.9 Å². The Morgan fingerprint density at radius 2 is 0.852 bits per heavy atom. The third kappa shape index (κ3) is 7.52. The van der Waals surface area contributed by atoms with E-state index in [-0.39, 0.29) is 10.8 Å². The van der Waals surface area contributed by atoms with Crippen LogP contribution in [0.3, 0.4) is 0 Å². The first-order valence-corrected chi connectivity index (χ1v) is 32.5. The van der Waals surface area contributed by atoms with E-state index in [4.69, 9.17) is 0 Å². The van der Waals surface area contributed by atoms with Gasteiger partial charge in [0.25, 0.3) is 0 Å². The summed E-state index contributed by atoms with van der Waals surface area (Å²) in [6.45, 7) is 28.9. The number of hydrogen-bond donors (Lipinski definition) is 0. The van der Waals surface area contributed by atoms with E-state index >= 15 is 0 Å². The van der Waals surface area contributed by atoms with Gasteiger partial charge < -0.3 is 0 Å². The minimum atomic E-state index is -3.07. The van der Waals surface area contributed by atoms with Crippen molar-refractivity contribution >= 4 is 29.8 Å². The minimum absolute atomic E-state index is 0.0874. The van der Waals surface area contributed by atoms with Crippen molar-refractivity contribution in [2.75, 3.05) is 0 Å². The van der Waals surface area contributed by atoms with Crippen molar-refractivity contribution in [2.45, 2.75) is 138 Å². The Kier molecular flexibility index (Phi) is 12.3. The van der Waals surface area contributed by atoms with Crippen LogP contribution >= 0.6 is 0 Å². The molecule has 0 saturated heterocycles. The second-order valence-corrected chi connectivity index (χ2v) is 38.6. The Bertz CT molecular complexity index is 1880. The molecule has 0 radical (unpaired) electrons. The Labute approximate surface area is 339 Å². The zero-order chi connectivity index (χ0) is 39.1. The van der Waals surface area contributed by atoms with E-state index < -0.39 is 37.1 Å². The molecule has 0 atom stereocenters. The topological polar surface area (TPSA) is 0 Å².